The second-order valence-corrected chi connectivity index (χ2v) is 6.38. The van der Waals surface area contributed by atoms with Gasteiger partial charge < -0.3 is 0 Å². The SMILES string of the molecule is O=S(=O)(Nc1ccc(F)c(F)c1F)c1cccc(Br)c1. The van der Waals surface area contributed by atoms with E-state index in [0.29, 0.717) is 10.5 Å². The van der Waals surface area contributed by atoms with Gasteiger partial charge >= 0.3 is 0 Å². The van der Waals surface area contributed by atoms with Crippen molar-refractivity contribution in [2.45, 2.75) is 4.90 Å². The molecule has 0 aliphatic rings. The van der Waals surface area contributed by atoms with Crippen LogP contribution in [0.1, 0.15) is 0 Å². The predicted molar refractivity (Wildman–Crippen MR) is 71.3 cm³/mol. The van der Waals surface area contributed by atoms with Gasteiger partial charge in [-0.3, -0.25) is 4.72 Å². The number of anilines is 1. The van der Waals surface area contributed by atoms with Gasteiger partial charge in [0.25, 0.3) is 10.0 Å². The van der Waals surface area contributed by atoms with E-state index in [0.717, 1.165) is 6.07 Å². The Morgan fingerprint density at radius 1 is 1.00 bits per heavy atom. The molecule has 0 aliphatic heterocycles. The molecule has 8 heteroatoms. The molecule has 1 N–H and O–H groups in total. The summed E-state index contributed by atoms with van der Waals surface area (Å²) < 4.78 is 65.6. The quantitative estimate of drug-likeness (QED) is 0.843. The average molecular weight is 366 g/mol. The molecule has 3 nitrogen and oxygen atoms in total. The smallest absolute Gasteiger partial charge is 0.262 e. The van der Waals surface area contributed by atoms with Crippen LogP contribution in [-0.4, -0.2) is 8.42 Å². The molecule has 0 unspecified atom stereocenters. The van der Waals surface area contributed by atoms with E-state index in [1.165, 1.54) is 18.2 Å². The summed E-state index contributed by atoms with van der Waals surface area (Å²) in [4.78, 5) is -0.143. The van der Waals surface area contributed by atoms with Crippen molar-refractivity contribution in [3.63, 3.8) is 0 Å². The highest BCUT2D eigenvalue weighted by molar-refractivity contribution is 9.10. The summed E-state index contributed by atoms with van der Waals surface area (Å²) in [5, 5.41) is 0. The Kier molecular flexibility index (Phi) is 4.05. The molecule has 0 radical (unpaired) electrons. The van der Waals surface area contributed by atoms with Gasteiger partial charge in [-0.25, -0.2) is 21.6 Å². The third-order valence-electron chi connectivity index (χ3n) is 2.39. The summed E-state index contributed by atoms with van der Waals surface area (Å²) >= 11 is 3.10. The first-order chi connectivity index (χ1) is 9.31. The first kappa shape index (κ1) is 14.9. The zero-order valence-corrected chi connectivity index (χ0v) is 12.1. The monoisotopic (exact) mass is 365 g/mol. The van der Waals surface area contributed by atoms with Crippen LogP contribution in [0.15, 0.2) is 45.8 Å². The summed E-state index contributed by atoms with van der Waals surface area (Å²) in [6.07, 6.45) is 0. The van der Waals surface area contributed by atoms with Crippen LogP contribution in [0.4, 0.5) is 18.9 Å². The molecule has 0 saturated heterocycles. The Hall–Kier alpha value is -1.54. The molecule has 20 heavy (non-hydrogen) atoms. The molecule has 0 fully saturated rings. The minimum Gasteiger partial charge on any atom is -0.277 e. The van der Waals surface area contributed by atoms with Crippen LogP contribution in [0.2, 0.25) is 0 Å². The van der Waals surface area contributed by atoms with Crippen molar-refractivity contribution in [1.82, 2.24) is 0 Å². The maximum absolute atomic E-state index is 13.4. The Bertz CT molecular complexity index is 765. The van der Waals surface area contributed by atoms with Gasteiger partial charge in [-0.15, -0.1) is 0 Å². The van der Waals surface area contributed by atoms with Crippen LogP contribution in [0, 0.1) is 17.5 Å². The fourth-order valence-electron chi connectivity index (χ4n) is 1.44. The average Bonchev–Trinajstić information content (AvgIpc) is 2.39. The molecule has 2 rings (SSSR count). The number of halogens is 4. The predicted octanol–water partition coefficient (Wildman–Crippen LogP) is 3.67. The Labute approximate surface area is 121 Å². The topological polar surface area (TPSA) is 46.2 Å². The maximum Gasteiger partial charge on any atom is 0.262 e. The summed E-state index contributed by atoms with van der Waals surface area (Å²) in [5.74, 6) is -4.73. The lowest BCUT2D eigenvalue weighted by Gasteiger charge is -2.09. The van der Waals surface area contributed by atoms with E-state index in [-0.39, 0.29) is 4.90 Å². The Morgan fingerprint density at radius 2 is 1.70 bits per heavy atom. The van der Waals surface area contributed by atoms with E-state index in [1.807, 2.05) is 4.72 Å². The number of benzene rings is 2. The molecule has 0 spiro atoms. The lowest BCUT2D eigenvalue weighted by atomic mass is 10.3. The van der Waals surface area contributed by atoms with Gasteiger partial charge in [0.05, 0.1) is 10.6 Å². The van der Waals surface area contributed by atoms with Crippen LogP contribution in [0.3, 0.4) is 0 Å². The molecule has 2 aromatic carbocycles. The van der Waals surface area contributed by atoms with Crippen molar-refractivity contribution in [1.29, 1.82) is 0 Å². The first-order valence-corrected chi connectivity index (χ1v) is 7.51. The van der Waals surface area contributed by atoms with E-state index < -0.39 is 33.2 Å². The molecule has 0 aliphatic carbocycles. The van der Waals surface area contributed by atoms with Gasteiger partial charge in [0.15, 0.2) is 17.5 Å². The maximum atomic E-state index is 13.4. The van der Waals surface area contributed by atoms with E-state index in [2.05, 4.69) is 15.9 Å². The van der Waals surface area contributed by atoms with E-state index in [9.17, 15) is 21.6 Å². The van der Waals surface area contributed by atoms with Crippen LogP contribution < -0.4 is 4.72 Å². The molecule has 2 aromatic rings. The zero-order valence-electron chi connectivity index (χ0n) is 9.70. The van der Waals surface area contributed by atoms with Crippen molar-refractivity contribution in [2.24, 2.45) is 0 Å². The molecular formula is C12H7BrF3NO2S. The second-order valence-electron chi connectivity index (χ2n) is 3.79. The lowest BCUT2D eigenvalue weighted by Crippen LogP contribution is -2.14. The van der Waals surface area contributed by atoms with Gasteiger partial charge in [-0.2, -0.15) is 0 Å². The molecule has 0 heterocycles. The number of hydrogen-bond donors (Lipinski definition) is 1. The standard InChI is InChI=1S/C12H7BrF3NO2S/c13-7-2-1-3-8(6-7)20(18,19)17-10-5-4-9(14)11(15)12(10)16/h1-6,17H. The summed E-state index contributed by atoms with van der Waals surface area (Å²) in [5.41, 5.74) is -0.663. The van der Waals surface area contributed by atoms with E-state index in [1.54, 1.807) is 6.07 Å². The van der Waals surface area contributed by atoms with Gasteiger partial charge in [0, 0.05) is 4.47 Å². The van der Waals surface area contributed by atoms with Crippen LogP contribution in [-0.2, 0) is 10.0 Å². The molecule has 0 atom stereocenters. The van der Waals surface area contributed by atoms with Crippen molar-refractivity contribution in [3.8, 4) is 0 Å². The van der Waals surface area contributed by atoms with Gasteiger partial charge in [-0.05, 0) is 30.3 Å². The molecule has 0 saturated carbocycles. The minimum absolute atomic E-state index is 0.143. The van der Waals surface area contributed by atoms with Crippen molar-refractivity contribution in [2.75, 3.05) is 4.72 Å². The lowest BCUT2D eigenvalue weighted by molar-refractivity contribution is 0.449. The molecule has 0 bridgehead atoms. The van der Waals surface area contributed by atoms with Crippen molar-refractivity contribution >= 4 is 31.6 Å². The van der Waals surface area contributed by atoms with E-state index >= 15 is 0 Å². The number of sulfonamides is 1. The van der Waals surface area contributed by atoms with Gasteiger partial charge in [0.2, 0.25) is 0 Å². The summed E-state index contributed by atoms with van der Waals surface area (Å²) in [7, 11) is -4.10. The fourth-order valence-corrected chi connectivity index (χ4v) is 3.10. The van der Waals surface area contributed by atoms with Gasteiger partial charge in [0.1, 0.15) is 0 Å². The van der Waals surface area contributed by atoms with Crippen molar-refractivity contribution < 1.29 is 21.6 Å². The van der Waals surface area contributed by atoms with Crippen LogP contribution in [0.5, 0.6) is 0 Å². The highest BCUT2D eigenvalue weighted by atomic mass is 79.9. The van der Waals surface area contributed by atoms with E-state index in [4.69, 9.17) is 0 Å². The fraction of sp³-hybridized carbons (Fsp3) is 0. The van der Waals surface area contributed by atoms with Crippen LogP contribution in [0.25, 0.3) is 0 Å². The number of nitrogens with one attached hydrogen (secondary N) is 1. The number of hydrogen-bond acceptors (Lipinski definition) is 2. The van der Waals surface area contributed by atoms with Crippen molar-refractivity contribution in [3.05, 3.63) is 58.3 Å². The largest absolute Gasteiger partial charge is 0.277 e. The van der Waals surface area contributed by atoms with Crippen LogP contribution >= 0.6 is 15.9 Å². The minimum atomic E-state index is -4.10. The second kappa shape index (κ2) is 5.45. The third kappa shape index (κ3) is 2.96. The zero-order chi connectivity index (χ0) is 14.9. The molecule has 0 aromatic heterocycles. The molecule has 106 valence electrons. The highest BCUT2D eigenvalue weighted by Gasteiger charge is 2.20. The summed E-state index contributed by atoms with van der Waals surface area (Å²) in [6.45, 7) is 0. The van der Waals surface area contributed by atoms with Gasteiger partial charge in [-0.1, -0.05) is 22.0 Å². The first-order valence-electron chi connectivity index (χ1n) is 5.23. The number of rotatable bonds is 3. The summed E-state index contributed by atoms with van der Waals surface area (Å²) in [6, 6.07) is 7.10. The highest BCUT2D eigenvalue weighted by Crippen LogP contribution is 2.24. The molecule has 0 amide bonds. The Balaban J connectivity index is 2.41. The Morgan fingerprint density at radius 3 is 2.35 bits per heavy atom. The third-order valence-corrected chi connectivity index (χ3v) is 4.24. The normalized spacial score (nSPS) is 11.4. The molecular weight excluding hydrogens is 359 g/mol.